The fourth-order valence-electron chi connectivity index (χ4n) is 3.77. The lowest BCUT2D eigenvalue weighted by Gasteiger charge is -2.28. The van der Waals surface area contributed by atoms with E-state index in [2.05, 4.69) is 84.6 Å². The number of quaternary nitrogens is 2. The molecule has 0 radical (unpaired) electrons. The molecule has 12 heteroatoms. The van der Waals surface area contributed by atoms with Crippen molar-refractivity contribution in [2.45, 2.75) is 31.9 Å². The Bertz CT molecular complexity index is 1110. The smallest absolute Gasteiger partial charge is 0.430 e. The number of fused-ring (bicyclic) bond motifs is 1. The highest BCUT2D eigenvalue weighted by molar-refractivity contribution is 5.70. The van der Waals surface area contributed by atoms with Crippen LogP contribution >= 0.6 is 0 Å². The average molecular weight is 544 g/mol. The van der Waals surface area contributed by atoms with Crippen LogP contribution < -0.4 is 20.8 Å². The van der Waals surface area contributed by atoms with Crippen LogP contribution in [0.2, 0.25) is 0 Å². The molecule has 3 aromatic carbocycles. The van der Waals surface area contributed by atoms with E-state index in [1.54, 1.807) is 0 Å². The van der Waals surface area contributed by atoms with E-state index in [0.717, 1.165) is 19.5 Å². The number of rotatable bonds is 3. The largest absolute Gasteiger partial charge is 0.554 e. The third-order valence-corrected chi connectivity index (χ3v) is 5.13. The van der Waals surface area contributed by atoms with Crippen molar-refractivity contribution in [1.29, 1.82) is 0 Å². The molecule has 1 aliphatic rings. The fourth-order valence-corrected chi connectivity index (χ4v) is 3.77. The highest BCUT2D eigenvalue weighted by Gasteiger charge is 2.29. The lowest BCUT2D eigenvalue weighted by atomic mass is 9.94. The molecule has 3 aromatic rings. The molecule has 0 aliphatic carbocycles. The monoisotopic (exact) mass is 544 g/mol. The molecule has 1 aliphatic heterocycles. The maximum atomic E-state index is 10.5. The minimum absolute atomic E-state index is 0.474. The van der Waals surface area contributed by atoms with Gasteiger partial charge in [0.15, 0.2) is 0 Å². The zero-order valence-electron chi connectivity index (χ0n) is 20.0. The number of carboxylic acids is 1. The lowest BCUT2D eigenvalue weighted by molar-refractivity contribution is -0.862. The molecule has 0 spiro atoms. The number of benzene rings is 3. The molecule has 1 heterocycles. The minimum atomic E-state index is -5.19. The Balaban J connectivity index is 0.000000431. The molecule has 0 aromatic heterocycles. The van der Waals surface area contributed by atoms with E-state index in [-0.39, 0.29) is 0 Å². The molecule has 0 saturated heterocycles. The molecule has 2 unspecified atom stereocenters. The molecule has 206 valence electrons. The van der Waals surface area contributed by atoms with Crippen LogP contribution in [0.4, 0.5) is 32.0 Å². The van der Waals surface area contributed by atoms with Crippen LogP contribution in [0.15, 0.2) is 78.9 Å². The van der Waals surface area contributed by atoms with Gasteiger partial charge in [-0.05, 0) is 29.3 Å². The summed E-state index contributed by atoms with van der Waals surface area (Å²) in [5, 5.41) is 17.0. The van der Waals surface area contributed by atoms with Gasteiger partial charge in [0.1, 0.15) is 30.8 Å². The van der Waals surface area contributed by atoms with Gasteiger partial charge in [-0.25, -0.2) is 0 Å². The Morgan fingerprint density at radius 1 is 0.974 bits per heavy atom. The molecule has 38 heavy (non-hydrogen) atoms. The van der Waals surface area contributed by atoms with Gasteiger partial charge in [0, 0.05) is 24.0 Å². The van der Waals surface area contributed by atoms with E-state index < -0.39 is 25.3 Å². The maximum absolute atomic E-state index is 10.5. The third-order valence-electron chi connectivity index (χ3n) is 5.13. The average Bonchev–Trinajstić information content (AvgIpc) is 2.85. The Hall–Kier alpha value is -3.90. The van der Waals surface area contributed by atoms with Crippen LogP contribution in [0.5, 0.6) is 0 Å². The van der Waals surface area contributed by atoms with E-state index in [9.17, 15) is 26.3 Å². The van der Waals surface area contributed by atoms with Gasteiger partial charge >= 0.3 is 12.9 Å². The molecular formula is C26H26F6N2O4. The van der Waals surface area contributed by atoms with Crippen molar-refractivity contribution in [2.75, 3.05) is 6.54 Å². The number of hydrogen-bond acceptors (Lipinski definition) is 4. The molecule has 0 saturated carbocycles. The van der Waals surface area contributed by atoms with Gasteiger partial charge in [-0.2, -0.15) is 26.3 Å². The highest BCUT2D eigenvalue weighted by atomic mass is 19.4. The van der Waals surface area contributed by atoms with Gasteiger partial charge in [0.25, 0.3) is 0 Å². The van der Waals surface area contributed by atoms with Crippen molar-refractivity contribution in [3.05, 3.63) is 90.0 Å². The predicted molar refractivity (Wildman–Crippen MR) is 122 cm³/mol. The van der Waals surface area contributed by atoms with E-state index in [1.165, 1.54) is 32.8 Å². The summed E-state index contributed by atoms with van der Waals surface area (Å²) in [6.45, 7) is -2.03. The van der Waals surface area contributed by atoms with Crippen LogP contribution in [0.1, 0.15) is 11.1 Å². The predicted octanol–water partition coefficient (Wildman–Crippen LogP) is 1.08. The van der Waals surface area contributed by atoms with E-state index in [0.29, 0.717) is 6.04 Å². The van der Waals surface area contributed by atoms with Gasteiger partial charge in [-0.15, -0.1) is 0 Å². The van der Waals surface area contributed by atoms with Crippen molar-refractivity contribution in [3.8, 4) is 11.1 Å². The standard InChI is InChI=1S/C22H22N2.C2HF3O2.CHF3.CH2O2/c23-21-14-20-13-19(18-9-5-2-6-10-18)11-12-22(20)24(16-21)15-17-7-3-1-4-8-17;3-2(4,5)1(6)7;2-1(3)4;2-1-3/h1-13,21H,14-16,23H2;(H,6,7);1H;1H,(H,2,3). The second kappa shape index (κ2) is 16.0. The van der Waals surface area contributed by atoms with Gasteiger partial charge in [0.2, 0.25) is 0 Å². The number of nitrogens with one attached hydrogen (secondary N) is 1. The molecule has 2 atom stereocenters. The molecule has 0 bridgehead atoms. The van der Waals surface area contributed by atoms with Crippen LogP contribution in [0.3, 0.4) is 0 Å². The Labute approximate surface area is 214 Å². The summed E-state index contributed by atoms with van der Waals surface area (Å²) in [5.74, 6) is -3.01. The van der Waals surface area contributed by atoms with Crippen molar-refractivity contribution in [1.82, 2.24) is 0 Å². The van der Waals surface area contributed by atoms with Crippen LogP contribution in [0.25, 0.3) is 11.1 Å². The summed E-state index contributed by atoms with van der Waals surface area (Å²) in [7, 11) is 0. The molecule has 4 rings (SSSR count). The summed E-state index contributed by atoms with van der Waals surface area (Å²) < 4.78 is 60.5. The maximum Gasteiger partial charge on any atom is 0.430 e. The molecular weight excluding hydrogens is 518 g/mol. The van der Waals surface area contributed by atoms with Crippen LogP contribution in [0, 0.1) is 0 Å². The summed E-state index contributed by atoms with van der Waals surface area (Å²) in [5.41, 5.74) is 11.2. The first kappa shape index (κ1) is 32.1. The number of hydrogen-bond donors (Lipinski definition) is 2. The zero-order valence-corrected chi connectivity index (χ0v) is 20.0. The molecule has 4 N–H and O–H groups in total. The van der Waals surface area contributed by atoms with Gasteiger partial charge in [-0.3, -0.25) is 4.90 Å². The van der Waals surface area contributed by atoms with Crippen LogP contribution in [-0.2, 0) is 22.6 Å². The number of carbonyl (C=O) groups excluding carboxylic acids is 2. The topological polar surface area (TPSA) is 112 Å². The van der Waals surface area contributed by atoms with E-state index >= 15 is 0 Å². The Morgan fingerprint density at radius 2 is 1.45 bits per heavy atom. The van der Waals surface area contributed by atoms with Gasteiger partial charge in [-0.1, -0.05) is 60.7 Å². The number of carbonyl (C=O) groups is 2. The van der Waals surface area contributed by atoms with E-state index in [4.69, 9.17) is 19.8 Å². The second-order valence-electron chi connectivity index (χ2n) is 7.91. The summed E-state index contributed by atoms with van der Waals surface area (Å²) in [6.07, 6.45) is -4.12. The second-order valence-corrected chi connectivity index (χ2v) is 7.91. The molecule has 0 fully saturated rings. The van der Waals surface area contributed by atoms with Crippen molar-refractivity contribution < 1.29 is 56.8 Å². The molecule has 6 nitrogen and oxygen atoms in total. The summed E-state index contributed by atoms with van der Waals surface area (Å²) >= 11 is 0. The van der Waals surface area contributed by atoms with Crippen molar-refractivity contribution in [3.63, 3.8) is 0 Å². The Morgan fingerprint density at radius 3 is 1.92 bits per heavy atom. The first-order valence-electron chi connectivity index (χ1n) is 11.0. The number of halogens is 6. The van der Waals surface area contributed by atoms with Gasteiger partial charge in [0.05, 0.1) is 0 Å². The lowest BCUT2D eigenvalue weighted by Crippen LogP contribution is -3.10. The normalized spacial score (nSPS) is 15.8. The SMILES string of the molecule is FC(F)F.O=C([O-])C(F)(F)F.O=C[O-].[NH3+]C1Cc2cc(-c3ccccc3)ccc2[NH+](Cc2ccccc2)C1. The minimum Gasteiger partial charge on any atom is -0.554 e. The zero-order chi connectivity index (χ0) is 28.7. The van der Waals surface area contributed by atoms with Crippen molar-refractivity contribution in [2.24, 2.45) is 0 Å². The fraction of sp³-hybridized carbons (Fsp3) is 0.231. The number of aliphatic carboxylic acids is 1. The van der Waals surface area contributed by atoms with Crippen molar-refractivity contribution >= 4 is 18.1 Å². The first-order chi connectivity index (χ1) is 17.9. The first-order valence-corrected chi connectivity index (χ1v) is 11.0. The highest BCUT2D eigenvalue weighted by Crippen LogP contribution is 2.25. The Kier molecular flexibility index (Phi) is 13.6. The third kappa shape index (κ3) is 11.9. The summed E-state index contributed by atoms with van der Waals surface area (Å²) in [4.78, 5) is 18.6. The molecule has 0 amide bonds. The quantitative estimate of drug-likeness (QED) is 0.380. The number of alkyl halides is 6. The van der Waals surface area contributed by atoms with Crippen LogP contribution in [-0.4, -0.2) is 37.9 Å². The summed E-state index contributed by atoms with van der Waals surface area (Å²) in [6, 6.07) is 28.8. The van der Waals surface area contributed by atoms with Gasteiger partial charge < -0.3 is 25.5 Å². The number of carboxylic acid groups (broad SMARTS) is 2. The van der Waals surface area contributed by atoms with E-state index in [1.807, 2.05) is 0 Å².